The molecular weight excluding hydrogens is 590 g/mol. The van der Waals surface area contributed by atoms with Crippen LogP contribution in [0.25, 0.3) is 11.1 Å². The summed E-state index contributed by atoms with van der Waals surface area (Å²) in [4.78, 5) is 55.0. The van der Waals surface area contributed by atoms with Crippen LogP contribution >= 0.6 is 11.3 Å². The Balaban J connectivity index is 1.33. The van der Waals surface area contributed by atoms with Crippen molar-refractivity contribution in [2.75, 3.05) is 57.1 Å². The molecule has 45 heavy (non-hydrogen) atoms. The van der Waals surface area contributed by atoms with E-state index in [1.807, 2.05) is 58.2 Å². The van der Waals surface area contributed by atoms with E-state index in [0.717, 1.165) is 55.2 Å². The summed E-state index contributed by atoms with van der Waals surface area (Å²) in [6.45, 7) is 16.4. The van der Waals surface area contributed by atoms with Crippen molar-refractivity contribution >= 4 is 39.9 Å². The van der Waals surface area contributed by atoms with E-state index in [1.165, 1.54) is 11.3 Å². The lowest BCUT2D eigenvalue weighted by atomic mass is 9.97. The number of nitrogens with zero attached hydrogens (tertiary/aromatic N) is 5. The lowest BCUT2D eigenvalue weighted by Crippen LogP contribution is -2.63. The maximum Gasteiger partial charge on any atom is 0.324 e. The average Bonchev–Trinajstić information content (AvgIpc) is 3.42. The highest BCUT2D eigenvalue weighted by atomic mass is 32.1. The zero-order chi connectivity index (χ0) is 32.5. The molecule has 0 saturated carbocycles. The lowest BCUT2D eigenvalue weighted by Gasteiger charge is -2.44. The summed E-state index contributed by atoms with van der Waals surface area (Å²) in [6.07, 6.45) is 1.87. The first kappa shape index (κ1) is 32.5. The summed E-state index contributed by atoms with van der Waals surface area (Å²) in [5.74, 6) is -0.525. The molecular formula is C33H43N7O4S. The van der Waals surface area contributed by atoms with E-state index in [1.54, 1.807) is 30.7 Å². The summed E-state index contributed by atoms with van der Waals surface area (Å²) in [6, 6.07) is 9.33. The fraction of sp³-hybridized carbons (Fsp3) is 0.485. The number of benzene rings is 1. The first-order chi connectivity index (χ1) is 21.2. The summed E-state index contributed by atoms with van der Waals surface area (Å²) in [7, 11) is 1.73. The fourth-order valence-electron chi connectivity index (χ4n) is 5.51. The molecule has 0 atom stereocenters. The van der Waals surface area contributed by atoms with Crippen molar-refractivity contribution in [3.63, 3.8) is 0 Å². The van der Waals surface area contributed by atoms with Gasteiger partial charge in [-0.25, -0.2) is 9.78 Å². The van der Waals surface area contributed by atoms with Crippen molar-refractivity contribution in [2.24, 2.45) is 0 Å². The molecule has 2 N–H and O–H groups in total. The molecule has 240 valence electrons. The number of hydrogen-bond donors (Lipinski definition) is 2. The van der Waals surface area contributed by atoms with Crippen LogP contribution in [0.4, 0.5) is 15.5 Å². The van der Waals surface area contributed by atoms with Crippen LogP contribution in [-0.2, 0) is 21.5 Å². The smallest absolute Gasteiger partial charge is 0.324 e. The Morgan fingerprint density at radius 1 is 1.04 bits per heavy atom. The lowest BCUT2D eigenvalue weighted by molar-refractivity contribution is -0.144. The molecule has 11 nitrogen and oxygen atoms in total. The third kappa shape index (κ3) is 7.18. The maximum absolute atomic E-state index is 13.9. The maximum atomic E-state index is 13.9. The third-order valence-corrected chi connectivity index (χ3v) is 9.66. The Morgan fingerprint density at radius 3 is 2.44 bits per heavy atom. The van der Waals surface area contributed by atoms with Gasteiger partial charge in [-0.2, -0.15) is 0 Å². The number of likely N-dealkylation sites (N-methyl/N-ethyl adjacent to an activating group) is 1. The Hall–Kier alpha value is -3.87. The minimum Gasteiger partial charge on any atom is -0.379 e. The standard InChI is InChI=1S/C33H43N7O4S/c1-21-8-10-23(18-25(21)22-9-11-24(34-19-22)20-39-14-16-44-17-15-39)35-31(43)37-27-26(36-29(45-27)32(2,3)4)28(41)40-13-12-38(7)30(42)33(40,5)6/h8-11,18-19H,12-17,20H2,1-7H3,(H2,35,37,43). The Bertz CT molecular complexity index is 1570. The van der Waals surface area contributed by atoms with Crippen LogP contribution < -0.4 is 10.6 Å². The molecule has 2 aliphatic heterocycles. The largest absolute Gasteiger partial charge is 0.379 e. The van der Waals surface area contributed by atoms with E-state index < -0.39 is 11.6 Å². The van der Waals surface area contributed by atoms with Gasteiger partial charge in [-0.15, -0.1) is 0 Å². The molecule has 0 spiro atoms. The predicted octanol–water partition coefficient (Wildman–Crippen LogP) is 4.98. The van der Waals surface area contributed by atoms with Crippen LogP contribution in [0.1, 0.15) is 61.4 Å². The van der Waals surface area contributed by atoms with Gasteiger partial charge in [-0.05, 0) is 50.1 Å². The highest BCUT2D eigenvalue weighted by Crippen LogP contribution is 2.35. The van der Waals surface area contributed by atoms with E-state index in [-0.39, 0.29) is 22.9 Å². The van der Waals surface area contributed by atoms with Crippen molar-refractivity contribution in [2.45, 2.75) is 59.0 Å². The number of aromatic nitrogens is 2. The first-order valence-electron chi connectivity index (χ1n) is 15.3. The summed E-state index contributed by atoms with van der Waals surface area (Å²) in [5, 5.41) is 6.85. The molecule has 0 bridgehead atoms. The van der Waals surface area contributed by atoms with Crippen LogP contribution in [0.2, 0.25) is 0 Å². The number of carbonyl (C=O) groups excluding carboxylic acids is 3. The summed E-state index contributed by atoms with van der Waals surface area (Å²) >= 11 is 1.27. The number of hydrogen-bond acceptors (Lipinski definition) is 8. The first-order valence-corrected chi connectivity index (χ1v) is 16.1. The number of ether oxygens (including phenoxy) is 1. The van der Waals surface area contributed by atoms with Gasteiger partial charge < -0.3 is 19.9 Å². The SMILES string of the molecule is Cc1ccc(NC(=O)Nc2sc(C(C)(C)C)nc2C(=O)N2CCN(C)C(=O)C2(C)C)cc1-c1ccc(CN2CCOCC2)nc1. The quantitative estimate of drug-likeness (QED) is 0.393. The number of urea groups is 1. The molecule has 2 saturated heterocycles. The molecule has 2 fully saturated rings. The minimum absolute atomic E-state index is 0.137. The number of amides is 4. The van der Waals surface area contributed by atoms with Gasteiger partial charge in [0.05, 0.1) is 18.9 Å². The summed E-state index contributed by atoms with van der Waals surface area (Å²) in [5.41, 5.74) is 3.33. The van der Waals surface area contributed by atoms with Crippen LogP contribution in [0.5, 0.6) is 0 Å². The molecule has 0 radical (unpaired) electrons. The normalized spacial score (nSPS) is 17.4. The molecule has 4 heterocycles. The molecule has 0 unspecified atom stereocenters. The number of pyridine rings is 1. The average molecular weight is 634 g/mol. The number of thiazole rings is 1. The second-order valence-corrected chi connectivity index (χ2v) is 14.2. The fourth-order valence-corrected chi connectivity index (χ4v) is 6.52. The van der Waals surface area contributed by atoms with Crippen molar-refractivity contribution in [3.8, 4) is 11.1 Å². The van der Waals surface area contributed by atoms with Gasteiger partial charge >= 0.3 is 6.03 Å². The minimum atomic E-state index is -1.04. The second-order valence-electron chi connectivity index (χ2n) is 13.2. The van der Waals surface area contributed by atoms with E-state index in [9.17, 15) is 14.4 Å². The van der Waals surface area contributed by atoms with E-state index in [4.69, 9.17) is 9.72 Å². The van der Waals surface area contributed by atoms with Crippen LogP contribution in [0.3, 0.4) is 0 Å². The molecule has 4 amide bonds. The number of rotatable bonds is 6. The Labute approximate surface area is 269 Å². The molecule has 0 aliphatic carbocycles. The molecule has 2 aliphatic rings. The van der Waals surface area contributed by atoms with Crippen molar-refractivity contribution in [3.05, 3.63) is 58.5 Å². The molecule has 2 aromatic heterocycles. The van der Waals surface area contributed by atoms with Crippen LogP contribution in [0.15, 0.2) is 36.5 Å². The summed E-state index contributed by atoms with van der Waals surface area (Å²) < 4.78 is 5.44. The zero-order valence-electron chi connectivity index (χ0n) is 27.2. The number of piperazine rings is 1. The van der Waals surface area contributed by atoms with Crippen molar-refractivity contribution in [1.29, 1.82) is 0 Å². The van der Waals surface area contributed by atoms with Gasteiger partial charge in [0.15, 0.2) is 5.69 Å². The van der Waals surface area contributed by atoms with E-state index >= 15 is 0 Å². The van der Waals surface area contributed by atoms with Gasteiger partial charge in [-0.3, -0.25) is 24.8 Å². The molecule has 5 rings (SSSR count). The molecule has 12 heteroatoms. The number of nitrogens with one attached hydrogen (secondary N) is 2. The number of aryl methyl sites for hydroxylation is 1. The van der Waals surface area contributed by atoms with Gasteiger partial charge in [0.2, 0.25) is 5.91 Å². The van der Waals surface area contributed by atoms with E-state index in [2.05, 4.69) is 26.6 Å². The van der Waals surface area contributed by atoms with Gasteiger partial charge in [-0.1, -0.05) is 44.2 Å². The zero-order valence-corrected chi connectivity index (χ0v) is 28.0. The Morgan fingerprint density at radius 2 is 1.78 bits per heavy atom. The number of morpholine rings is 1. The highest BCUT2D eigenvalue weighted by Gasteiger charge is 2.44. The third-order valence-electron chi connectivity index (χ3n) is 8.27. The number of carbonyl (C=O) groups is 3. The van der Waals surface area contributed by atoms with Crippen LogP contribution in [-0.4, -0.2) is 94.5 Å². The van der Waals surface area contributed by atoms with Gasteiger partial charge in [0, 0.05) is 62.6 Å². The Kier molecular flexibility index (Phi) is 9.29. The number of anilines is 2. The van der Waals surface area contributed by atoms with Crippen molar-refractivity contribution in [1.82, 2.24) is 24.7 Å². The molecule has 1 aromatic carbocycles. The van der Waals surface area contributed by atoms with E-state index in [0.29, 0.717) is 28.8 Å². The predicted molar refractivity (Wildman–Crippen MR) is 177 cm³/mol. The highest BCUT2D eigenvalue weighted by molar-refractivity contribution is 7.16. The monoisotopic (exact) mass is 633 g/mol. The second kappa shape index (κ2) is 12.9. The van der Waals surface area contributed by atoms with Crippen LogP contribution in [0, 0.1) is 6.92 Å². The van der Waals surface area contributed by atoms with Gasteiger partial charge in [0.25, 0.3) is 5.91 Å². The van der Waals surface area contributed by atoms with Crippen molar-refractivity contribution < 1.29 is 19.1 Å². The molecule has 3 aromatic rings. The van der Waals surface area contributed by atoms with Gasteiger partial charge in [0.1, 0.15) is 15.5 Å². The topological polar surface area (TPSA) is 120 Å².